The molecule has 0 spiro atoms. The fourth-order valence-electron chi connectivity index (χ4n) is 2.80. The van der Waals surface area contributed by atoms with E-state index in [2.05, 4.69) is 33.0 Å². The first-order chi connectivity index (χ1) is 14.2. The Morgan fingerprint density at radius 2 is 1.79 bits per heavy atom. The molecule has 3 aromatic rings. The molecule has 0 fully saturated rings. The summed E-state index contributed by atoms with van der Waals surface area (Å²) in [6, 6.07) is 18.9. The highest BCUT2D eigenvalue weighted by atomic mass is 16.5. The van der Waals surface area contributed by atoms with Crippen LogP contribution in [-0.4, -0.2) is 36.9 Å². The summed E-state index contributed by atoms with van der Waals surface area (Å²) in [7, 11) is 3.10. The SMILES string of the molecule is COc1ccc(OC)c(NC(=O)c2ccc(NCCCc3ccccc3)nn2)c1. The summed E-state index contributed by atoms with van der Waals surface area (Å²) in [5.74, 6) is 1.40. The highest BCUT2D eigenvalue weighted by Gasteiger charge is 2.13. The van der Waals surface area contributed by atoms with Crippen LogP contribution >= 0.6 is 0 Å². The van der Waals surface area contributed by atoms with Crippen molar-refractivity contribution in [1.82, 2.24) is 10.2 Å². The normalized spacial score (nSPS) is 10.3. The molecule has 0 aliphatic rings. The molecule has 0 unspecified atom stereocenters. The van der Waals surface area contributed by atoms with Crippen LogP contribution in [0.1, 0.15) is 22.5 Å². The molecule has 3 rings (SSSR count). The van der Waals surface area contributed by atoms with E-state index < -0.39 is 0 Å². The predicted octanol–water partition coefficient (Wildman–Crippen LogP) is 3.79. The quantitative estimate of drug-likeness (QED) is 0.539. The molecular formula is C22H24N4O3. The smallest absolute Gasteiger partial charge is 0.276 e. The molecule has 0 bridgehead atoms. The number of methoxy groups -OCH3 is 2. The molecule has 2 N–H and O–H groups in total. The number of ether oxygens (including phenoxy) is 2. The Morgan fingerprint density at radius 3 is 2.48 bits per heavy atom. The summed E-state index contributed by atoms with van der Waals surface area (Å²) < 4.78 is 10.5. The largest absolute Gasteiger partial charge is 0.497 e. The number of nitrogens with zero attached hydrogens (tertiary/aromatic N) is 2. The second-order valence-electron chi connectivity index (χ2n) is 6.34. The molecule has 0 aliphatic carbocycles. The number of hydrogen-bond acceptors (Lipinski definition) is 6. The van der Waals surface area contributed by atoms with Crippen LogP contribution in [0.2, 0.25) is 0 Å². The van der Waals surface area contributed by atoms with Gasteiger partial charge in [0.2, 0.25) is 0 Å². The van der Waals surface area contributed by atoms with Crippen LogP contribution in [0.15, 0.2) is 60.7 Å². The number of carbonyl (C=O) groups excluding carboxylic acids is 1. The van der Waals surface area contributed by atoms with Gasteiger partial charge in [-0.2, -0.15) is 0 Å². The molecule has 0 saturated heterocycles. The van der Waals surface area contributed by atoms with Crippen molar-refractivity contribution in [3.63, 3.8) is 0 Å². The second-order valence-corrected chi connectivity index (χ2v) is 6.34. The molecule has 0 aliphatic heterocycles. The first-order valence-corrected chi connectivity index (χ1v) is 9.34. The molecular weight excluding hydrogens is 368 g/mol. The number of benzene rings is 2. The Bertz CT molecular complexity index is 931. The van der Waals surface area contributed by atoms with E-state index in [0.717, 1.165) is 19.4 Å². The summed E-state index contributed by atoms with van der Waals surface area (Å²) >= 11 is 0. The van der Waals surface area contributed by atoms with Crippen LogP contribution in [0.4, 0.5) is 11.5 Å². The van der Waals surface area contributed by atoms with Gasteiger partial charge in [-0.25, -0.2) is 0 Å². The Hall–Kier alpha value is -3.61. The summed E-state index contributed by atoms with van der Waals surface area (Å²) in [5, 5.41) is 14.1. The summed E-state index contributed by atoms with van der Waals surface area (Å²) in [6.07, 6.45) is 1.97. The van der Waals surface area contributed by atoms with Gasteiger partial charge in [0.1, 0.15) is 17.3 Å². The number of carbonyl (C=O) groups is 1. The Labute approximate surface area is 170 Å². The van der Waals surface area contributed by atoms with Gasteiger partial charge in [0.05, 0.1) is 19.9 Å². The van der Waals surface area contributed by atoms with Gasteiger partial charge in [0.15, 0.2) is 5.69 Å². The molecule has 1 heterocycles. The number of hydrogen-bond donors (Lipinski definition) is 2. The van der Waals surface area contributed by atoms with Gasteiger partial charge in [-0.05, 0) is 42.7 Å². The van der Waals surface area contributed by atoms with Crippen molar-refractivity contribution in [2.45, 2.75) is 12.8 Å². The number of nitrogens with one attached hydrogen (secondary N) is 2. The van der Waals surface area contributed by atoms with E-state index in [9.17, 15) is 4.79 Å². The third kappa shape index (κ3) is 5.68. The zero-order valence-electron chi connectivity index (χ0n) is 16.5. The van der Waals surface area contributed by atoms with E-state index in [1.54, 1.807) is 37.4 Å². The van der Waals surface area contributed by atoms with E-state index in [1.165, 1.54) is 12.7 Å². The minimum absolute atomic E-state index is 0.213. The van der Waals surface area contributed by atoms with Gasteiger partial charge in [0, 0.05) is 12.6 Å². The molecule has 7 heteroatoms. The van der Waals surface area contributed by atoms with Crippen LogP contribution < -0.4 is 20.1 Å². The summed E-state index contributed by atoms with van der Waals surface area (Å²) in [5.41, 5.74) is 2.02. The Balaban J connectivity index is 1.53. The Kier molecular flexibility index (Phi) is 7.00. The molecule has 0 radical (unpaired) electrons. The lowest BCUT2D eigenvalue weighted by Gasteiger charge is -2.11. The lowest BCUT2D eigenvalue weighted by atomic mass is 10.1. The average Bonchev–Trinajstić information content (AvgIpc) is 2.77. The van der Waals surface area contributed by atoms with Crippen molar-refractivity contribution in [3.05, 3.63) is 71.9 Å². The molecule has 0 saturated carbocycles. The van der Waals surface area contributed by atoms with Crippen molar-refractivity contribution >= 4 is 17.4 Å². The maximum Gasteiger partial charge on any atom is 0.276 e. The molecule has 0 atom stereocenters. The zero-order valence-corrected chi connectivity index (χ0v) is 16.5. The van der Waals surface area contributed by atoms with Gasteiger partial charge in [-0.3, -0.25) is 4.79 Å². The van der Waals surface area contributed by atoms with Crippen LogP contribution in [0, 0.1) is 0 Å². The van der Waals surface area contributed by atoms with Gasteiger partial charge >= 0.3 is 0 Å². The molecule has 2 aromatic carbocycles. The average molecular weight is 392 g/mol. The predicted molar refractivity (Wildman–Crippen MR) is 113 cm³/mol. The van der Waals surface area contributed by atoms with Crippen molar-refractivity contribution in [3.8, 4) is 11.5 Å². The second kappa shape index (κ2) is 10.1. The van der Waals surface area contributed by atoms with Gasteiger partial charge in [-0.15, -0.1) is 10.2 Å². The summed E-state index contributed by atoms with van der Waals surface area (Å²) in [4.78, 5) is 12.5. The Morgan fingerprint density at radius 1 is 0.966 bits per heavy atom. The van der Waals surface area contributed by atoms with E-state index in [1.807, 2.05) is 18.2 Å². The fraction of sp³-hybridized carbons (Fsp3) is 0.227. The van der Waals surface area contributed by atoms with E-state index >= 15 is 0 Å². The van der Waals surface area contributed by atoms with Gasteiger partial charge < -0.3 is 20.1 Å². The number of aromatic nitrogens is 2. The van der Waals surface area contributed by atoms with Crippen LogP contribution in [0.25, 0.3) is 0 Å². The third-order valence-electron chi connectivity index (χ3n) is 4.34. The van der Waals surface area contributed by atoms with Crippen molar-refractivity contribution in [1.29, 1.82) is 0 Å². The first-order valence-electron chi connectivity index (χ1n) is 9.34. The summed E-state index contributed by atoms with van der Waals surface area (Å²) in [6.45, 7) is 0.774. The lowest BCUT2D eigenvalue weighted by Crippen LogP contribution is -2.15. The highest BCUT2D eigenvalue weighted by molar-refractivity contribution is 6.03. The molecule has 29 heavy (non-hydrogen) atoms. The molecule has 7 nitrogen and oxygen atoms in total. The van der Waals surface area contributed by atoms with Gasteiger partial charge in [0.25, 0.3) is 5.91 Å². The van der Waals surface area contributed by atoms with E-state index in [0.29, 0.717) is 23.0 Å². The first kappa shape index (κ1) is 20.1. The maximum absolute atomic E-state index is 12.5. The fourth-order valence-corrected chi connectivity index (χ4v) is 2.80. The van der Waals surface area contributed by atoms with Crippen LogP contribution in [0.3, 0.4) is 0 Å². The molecule has 1 aromatic heterocycles. The van der Waals surface area contributed by atoms with E-state index in [4.69, 9.17) is 9.47 Å². The molecule has 1 amide bonds. The number of anilines is 2. The minimum atomic E-state index is -0.375. The standard InChI is InChI=1S/C22H24N4O3/c1-28-17-10-12-20(29-2)19(15-17)24-22(27)18-11-13-21(26-25-18)23-14-6-9-16-7-4-3-5-8-16/h3-5,7-8,10-13,15H,6,9,14H2,1-2H3,(H,23,26)(H,24,27). The minimum Gasteiger partial charge on any atom is -0.497 e. The van der Waals surface area contributed by atoms with Crippen molar-refractivity contribution in [2.75, 3.05) is 31.4 Å². The molecule has 150 valence electrons. The van der Waals surface area contributed by atoms with Crippen molar-refractivity contribution < 1.29 is 14.3 Å². The number of amides is 1. The highest BCUT2D eigenvalue weighted by Crippen LogP contribution is 2.29. The van der Waals surface area contributed by atoms with E-state index in [-0.39, 0.29) is 11.6 Å². The van der Waals surface area contributed by atoms with Gasteiger partial charge in [-0.1, -0.05) is 30.3 Å². The lowest BCUT2D eigenvalue weighted by molar-refractivity contribution is 0.102. The zero-order chi connectivity index (χ0) is 20.5. The third-order valence-corrected chi connectivity index (χ3v) is 4.34. The maximum atomic E-state index is 12.5. The monoisotopic (exact) mass is 392 g/mol. The topological polar surface area (TPSA) is 85.4 Å². The van der Waals surface area contributed by atoms with Crippen molar-refractivity contribution in [2.24, 2.45) is 0 Å². The number of aryl methyl sites for hydroxylation is 1. The van der Waals surface area contributed by atoms with Crippen LogP contribution in [0.5, 0.6) is 11.5 Å². The number of rotatable bonds is 9. The van der Waals surface area contributed by atoms with Crippen LogP contribution in [-0.2, 0) is 6.42 Å².